The summed E-state index contributed by atoms with van der Waals surface area (Å²) in [7, 11) is 2.05. The number of carbonyl (C=O) groups is 1. The van der Waals surface area contributed by atoms with Crippen molar-refractivity contribution in [3.05, 3.63) is 42.2 Å². The van der Waals surface area contributed by atoms with Crippen LogP contribution in [-0.2, 0) is 0 Å². The van der Waals surface area contributed by atoms with Gasteiger partial charge < -0.3 is 28.8 Å². The number of halogens is 2. The number of rotatable bonds is 12. The van der Waals surface area contributed by atoms with Gasteiger partial charge in [-0.1, -0.05) is 0 Å². The molecular weight excluding hydrogens is 532 g/mol. The highest BCUT2D eigenvalue weighted by molar-refractivity contribution is 6.02. The highest BCUT2D eigenvalue weighted by Crippen LogP contribution is 2.40. The highest BCUT2D eigenvalue weighted by Gasteiger charge is 2.30. The summed E-state index contributed by atoms with van der Waals surface area (Å²) >= 11 is 0. The maximum atomic E-state index is 13.6. The first kappa shape index (κ1) is 27.8. The monoisotopic (exact) mass is 569 g/mol. The van der Waals surface area contributed by atoms with Crippen LogP contribution in [0.3, 0.4) is 0 Å². The van der Waals surface area contributed by atoms with Gasteiger partial charge in [0.1, 0.15) is 35.0 Å². The molecule has 6 rings (SSSR count). The first-order valence-corrected chi connectivity index (χ1v) is 14.5. The normalized spacial score (nSPS) is 19.8. The van der Waals surface area contributed by atoms with Crippen molar-refractivity contribution in [2.75, 3.05) is 53.0 Å². The van der Waals surface area contributed by atoms with E-state index < -0.39 is 12.5 Å². The fourth-order valence-corrected chi connectivity index (χ4v) is 5.75. The minimum atomic E-state index is -3.10. The van der Waals surface area contributed by atoms with Gasteiger partial charge in [-0.15, -0.1) is 0 Å². The lowest BCUT2D eigenvalue weighted by Crippen LogP contribution is -2.27. The van der Waals surface area contributed by atoms with Crippen LogP contribution in [0.15, 0.2) is 41.0 Å². The quantitative estimate of drug-likeness (QED) is 0.313. The molecule has 3 aliphatic rings. The van der Waals surface area contributed by atoms with Crippen molar-refractivity contribution in [1.29, 1.82) is 0 Å². The molecule has 1 N–H and O–H groups in total. The van der Waals surface area contributed by atoms with E-state index in [0.29, 0.717) is 35.7 Å². The van der Waals surface area contributed by atoms with Crippen molar-refractivity contribution in [2.24, 2.45) is 5.92 Å². The number of benzene rings is 2. The largest absolute Gasteiger partial charge is 0.492 e. The molecular formula is C31H37F2N3O5. The Bertz CT molecular complexity index is 1370. The predicted octanol–water partition coefficient (Wildman–Crippen LogP) is 5.40. The predicted molar refractivity (Wildman–Crippen MR) is 151 cm³/mol. The number of fused-ring (bicyclic) bond motifs is 1. The molecule has 2 aromatic carbocycles. The van der Waals surface area contributed by atoms with Crippen molar-refractivity contribution >= 4 is 16.9 Å². The van der Waals surface area contributed by atoms with E-state index in [2.05, 4.69) is 22.2 Å². The topological polar surface area (TPSA) is 76.4 Å². The number of furan rings is 1. The van der Waals surface area contributed by atoms with E-state index in [9.17, 15) is 13.6 Å². The molecule has 3 aromatic rings. The third-order valence-electron chi connectivity index (χ3n) is 8.12. The number of hydrogen-bond acceptors (Lipinski definition) is 7. The Hall–Kier alpha value is -3.37. The van der Waals surface area contributed by atoms with Crippen molar-refractivity contribution in [2.45, 2.75) is 44.8 Å². The zero-order valence-corrected chi connectivity index (χ0v) is 23.4. The summed E-state index contributed by atoms with van der Waals surface area (Å²) in [4.78, 5) is 17.8. The number of ether oxygens (including phenoxy) is 3. The average Bonchev–Trinajstić information content (AvgIpc) is 3.30. The molecule has 0 unspecified atom stereocenters. The Kier molecular flexibility index (Phi) is 8.30. The summed E-state index contributed by atoms with van der Waals surface area (Å²) in [5.74, 6) is 0.520. The van der Waals surface area contributed by atoms with Gasteiger partial charge in [0.25, 0.3) is 5.91 Å². The molecule has 3 fully saturated rings. The molecule has 1 aliphatic carbocycles. The zero-order valence-electron chi connectivity index (χ0n) is 23.4. The molecule has 2 aliphatic heterocycles. The molecule has 220 valence electrons. The van der Waals surface area contributed by atoms with Crippen LogP contribution >= 0.6 is 0 Å². The molecule has 0 bridgehead atoms. The zero-order chi connectivity index (χ0) is 28.3. The van der Waals surface area contributed by atoms with Crippen molar-refractivity contribution < 1.29 is 32.2 Å². The van der Waals surface area contributed by atoms with E-state index in [1.54, 1.807) is 12.3 Å². The summed E-state index contributed by atoms with van der Waals surface area (Å²) < 4.78 is 50.1. The van der Waals surface area contributed by atoms with Crippen LogP contribution in [0.5, 0.6) is 17.2 Å². The van der Waals surface area contributed by atoms with Crippen LogP contribution < -0.4 is 19.5 Å². The lowest BCUT2D eigenvalue weighted by molar-refractivity contribution is -0.0502. The molecule has 8 nitrogen and oxygen atoms in total. The fraction of sp³-hybridized carbons (Fsp3) is 0.516. The number of nitrogens with zero attached hydrogens (tertiary/aromatic N) is 2. The Morgan fingerprint density at radius 1 is 1.07 bits per heavy atom. The third kappa shape index (κ3) is 6.76. The lowest BCUT2D eigenvalue weighted by Gasteiger charge is -2.19. The first-order valence-electron chi connectivity index (χ1n) is 14.5. The Labute approximate surface area is 238 Å². The van der Waals surface area contributed by atoms with E-state index in [-0.39, 0.29) is 29.0 Å². The van der Waals surface area contributed by atoms with Crippen LogP contribution in [0.25, 0.3) is 22.1 Å². The van der Waals surface area contributed by atoms with E-state index in [1.165, 1.54) is 18.9 Å². The molecule has 3 heterocycles. The summed E-state index contributed by atoms with van der Waals surface area (Å²) in [6, 6.07) is 8.86. The number of likely N-dealkylation sites (tertiary alicyclic amines) is 2. The summed E-state index contributed by atoms with van der Waals surface area (Å²) in [6.07, 6.45) is 6.76. The molecule has 1 saturated carbocycles. The molecule has 0 radical (unpaired) electrons. The minimum absolute atomic E-state index is 0.00575. The molecule has 41 heavy (non-hydrogen) atoms. The van der Waals surface area contributed by atoms with Gasteiger partial charge in [0.2, 0.25) is 0 Å². The molecule has 1 atom stereocenters. The van der Waals surface area contributed by atoms with Crippen LogP contribution in [-0.4, -0.2) is 81.3 Å². The van der Waals surface area contributed by atoms with E-state index in [1.807, 2.05) is 18.2 Å². The van der Waals surface area contributed by atoms with Gasteiger partial charge in [0.15, 0.2) is 0 Å². The second kappa shape index (κ2) is 12.2. The molecule has 1 aromatic heterocycles. The van der Waals surface area contributed by atoms with Crippen molar-refractivity contribution in [1.82, 2.24) is 15.1 Å². The second-order valence-electron chi connectivity index (χ2n) is 11.4. The Morgan fingerprint density at radius 2 is 1.88 bits per heavy atom. The highest BCUT2D eigenvalue weighted by atomic mass is 19.3. The average molecular weight is 570 g/mol. The Morgan fingerprint density at radius 3 is 2.61 bits per heavy atom. The third-order valence-corrected chi connectivity index (χ3v) is 8.12. The number of nitrogens with one attached hydrogen (secondary N) is 1. The number of hydrogen-bond donors (Lipinski definition) is 1. The van der Waals surface area contributed by atoms with Crippen LogP contribution in [0.2, 0.25) is 0 Å². The number of alkyl halides is 2. The van der Waals surface area contributed by atoms with Crippen LogP contribution in [0, 0.1) is 5.92 Å². The van der Waals surface area contributed by atoms with E-state index >= 15 is 0 Å². The van der Waals surface area contributed by atoms with Gasteiger partial charge in [-0.3, -0.25) is 9.69 Å². The smallest absolute Gasteiger partial charge is 0.387 e. The van der Waals surface area contributed by atoms with Gasteiger partial charge in [-0.05, 0) is 88.6 Å². The van der Waals surface area contributed by atoms with Crippen LogP contribution in [0.4, 0.5) is 8.78 Å². The molecule has 1 amide bonds. The lowest BCUT2D eigenvalue weighted by atomic mass is 10.0. The van der Waals surface area contributed by atoms with Gasteiger partial charge in [0, 0.05) is 42.1 Å². The van der Waals surface area contributed by atoms with Crippen molar-refractivity contribution in [3.63, 3.8) is 0 Å². The minimum Gasteiger partial charge on any atom is -0.492 e. The SMILES string of the molecule is CN1CC[C@@H](COc2cc(-c3coc4cc(OCCN5CCCC5)ccc34)cc(OC(F)F)c2C(=O)NC2CC2)C1. The Balaban J connectivity index is 1.29. The van der Waals surface area contributed by atoms with E-state index in [4.69, 9.17) is 18.6 Å². The number of carbonyl (C=O) groups excluding carboxylic acids is 1. The second-order valence-corrected chi connectivity index (χ2v) is 11.4. The van der Waals surface area contributed by atoms with Gasteiger partial charge in [0.05, 0.1) is 12.9 Å². The standard InChI is InChI=1S/C31H37F2N3O5/c1-35-11-8-20(17-35)18-39-27-14-21(15-28(41-31(32)33)29(27)30(37)34-22-4-5-22)25-19-40-26-16-23(6-7-24(25)26)38-13-12-36-9-2-3-10-36/h6-7,14-16,19-20,22,31H,2-5,8-13,17-18H2,1H3,(H,34,37)/t20-/m1/s1. The summed E-state index contributed by atoms with van der Waals surface area (Å²) in [6.45, 7) is 2.82. The maximum absolute atomic E-state index is 13.6. The van der Waals surface area contributed by atoms with Gasteiger partial charge >= 0.3 is 6.61 Å². The first-order chi connectivity index (χ1) is 19.9. The molecule has 10 heteroatoms. The van der Waals surface area contributed by atoms with Gasteiger partial charge in [-0.2, -0.15) is 8.78 Å². The molecule has 0 spiro atoms. The fourth-order valence-electron chi connectivity index (χ4n) is 5.75. The summed E-state index contributed by atoms with van der Waals surface area (Å²) in [5, 5.41) is 3.69. The maximum Gasteiger partial charge on any atom is 0.387 e. The van der Waals surface area contributed by atoms with Crippen LogP contribution in [0.1, 0.15) is 42.5 Å². The van der Waals surface area contributed by atoms with Gasteiger partial charge in [-0.25, -0.2) is 0 Å². The van der Waals surface area contributed by atoms with Crippen molar-refractivity contribution in [3.8, 4) is 28.4 Å². The summed E-state index contributed by atoms with van der Waals surface area (Å²) in [5.41, 5.74) is 1.85. The molecule has 2 saturated heterocycles. The number of amides is 1. The van der Waals surface area contributed by atoms with E-state index in [0.717, 1.165) is 57.4 Å².